The van der Waals surface area contributed by atoms with Crippen molar-refractivity contribution < 1.29 is 14.3 Å². The lowest BCUT2D eigenvalue weighted by Gasteiger charge is -2.16. The first-order valence-corrected chi connectivity index (χ1v) is 8.06. The average Bonchev–Trinajstić information content (AvgIpc) is 3.00. The van der Waals surface area contributed by atoms with Gasteiger partial charge in [-0.25, -0.2) is 0 Å². The molecule has 1 fully saturated rings. The van der Waals surface area contributed by atoms with Gasteiger partial charge in [0, 0.05) is 24.3 Å². The topological polar surface area (TPSA) is 58.6 Å². The van der Waals surface area contributed by atoms with Gasteiger partial charge in [0.25, 0.3) is 0 Å². The van der Waals surface area contributed by atoms with Crippen LogP contribution >= 0.6 is 0 Å². The fourth-order valence-electron chi connectivity index (χ4n) is 2.79. The van der Waals surface area contributed by atoms with Crippen LogP contribution in [-0.4, -0.2) is 25.0 Å². The second kappa shape index (κ2) is 7.17. The minimum absolute atomic E-state index is 0.0203. The molecule has 1 aliphatic heterocycles. The molecule has 1 heterocycles. The fraction of sp³-hybridized carbons (Fsp3) is 0.263. The van der Waals surface area contributed by atoms with Crippen LogP contribution in [0.25, 0.3) is 0 Å². The number of rotatable bonds is 5. The van der Waals surface area contributed by atoms with E-state index in [1.54, 1.807) is 17.0 Å². The molecule has 1 N–H and O–H groups in total. The molecule has 0 radical (unpaired) electrons. The van der Waals surface area contributed by atoms with Crippen LogP contribution in [0.15, 0.2) is 54.6 Å². The number of ether oxygens (including phenoxy) is 1. The molecule has 2 amide bonds. The standard InChI is InChI=1S/C19H20N2O3/c1-2-24-17-10-8-15(9-11-17)20-19(23)14-12-18(22)21(13-14)16-6-4-3-5-7-16/h3-11,14H,2,12-13H2,1H3,(H,20,23)/t14-/m1/s1. The molecule has 1 saturated heterocycles. The van der Waals surface area contributed by atoms with Crippen molar-refractivity contribution >= 4 is 23.2 Å². The van der Waals surface area contributed by atoms with Crippen LogP contribution in [-0.2, 0) is 9.59 Å². The maximum atomic E-state index is 12.4. The first-order chi connectivity index (χ1) is 11.7. The van der Waals surface area contributed by atoms with E-state index in [1.807, 2.05) is 49.4 Å². The summed E-state index contributed by atoms with van der Waals surface area (Å²) in [6, 6.07) is 16.7. The molecule has 0 spiro atoms. The van der Waals surface area contributed by atoms with E-state index < -0.39 is 0 Å². The normalized spacial score (nSPS) is 17.0. The third-order valence-electron chi connectivity index (χ3n) is 4.00. The monoisotopic (exact) mass is 324 g/mol. The van der Waals surface area contributed by atoms with Crippen LogP contribution in [0.5, 0.6) is 5.75 Å². The zero-order valence-corrected chi connectivity index (χ0v) is 13.6. The molecule has 124 valence electrons. The quantitative estimate of drug-likeness (QED) is 0.919. The van der Waals surface area contributed by atoms with E-state index in [0.717, 1.165) is 11.4 Å². The van der Waals surface area contributed by atoms with E-state index in [2.05, 4.69) is 5.32 Å². The molecule has 1 atom stereocenters. The van der Waals surface area contributed by atoms with Gasteiger partial charge in [0.15, 0.2) is 0 Å². The maximum absolute atomic E-state index is 12.4. The van der Waals surface area contributed by atoms with Crippen molar-refractivity contribution in [3.05, 3.63) is 54.6 Å². The van der Waals surface area contributed by atoms with Crippen molar-refractivity contribution in [3.63, 3.8) is 0 Å². The molecule has 2 aromatic rings. The number of nitrogens with zero attached hydrogens (tertiary/aromatic N) is 1. The molecule has 0 aromatic heterocycles. The summed E-state index contributed by atoms with van der Waals surface area (Å²) in [7, 11) is 0. The number of benzene rings is 2. The molecule has 0 saturated carbocycles. The molecule has 5 heteroatoms. The number of hydrogen-bond acceptors (Lipinski definition) is 3. The summed E-state index contributed by atoms with van der Waals surface area (Å²) >= 11 is 0. The highest BCUT2D eigenvalue weighted by molar-refractivity contribution is 6.03. The van der Waals surface area contributed by atoms with Gasteiger partial charge in [-0.3, -0.25) is 9.59 Å². The third kappa shape index (κ3) is 3.56. The first-order valence-electron chi connectivity index (χ1n) is 8.06. The van der Waals surface area contributed by atoms with E-state index in [9.17, 15) is 9.59 Å². The Bertz CT molecular complexity index is 713. The number of anilines is 2. The van der Waals surface area contributed by atoms with Crippen LogP contribution < -0.4 is 15.0 Å². The van der Waals surface area contributed by atoms with Crippen molar-refractivity contribution in [2.24, 2.45) is 5.92 Å². The second-order valence-corrected chi connectivity index (χ2v) is 5.69. The Hall–Kier alpha value is -2.82. The lowest BCUT2D eigenvalue weighted by Crippen LogP contribution is -2.28. The smallest absolute Gasteiger partial charge is 0.229 e. The van der Waals surface area contributed by atoms with Crippen molar-refractivity contribution in [2.45, 2.75) is 13.3 Å². The highest BCUT2D eigenvalue weighted by atomic mass is 16.5. The van der Waals surface area contributed by atoms with E-state index in [4.69, 9.17) is 4.74 Å². The number of amides is 2. The Morgan fingerprint density at radius 3 is 2.54 bits per heavy atom. The Morgan fingerprint density at radius 1 is 1.17 bits per heavy atom. The van der Waals surface area contributed by atoms with E-state index in [1.165, 1.54) is 0 Å². The van der Waals surface area contributed by atoms with Gasteiger partial charge in [0.2, 0.25) is 11.8 Å². The van der Waals surface area contributed by atoms with Gasteiger partial charge in [-0.15, -0.1) is 0 Å². The zero-order chi connectivity index (χ0) is 16.9. The summed E-state index contributed by atoms with van der Waals surface area (Å²) in [5, 5.41) is 2.87. The van der Waals surface area contributed by atoms with Crippen molar-refractivity contribution in [2.75, 3.05) is 23.4 Å². The van der Waals surface area contributed by atoms with Crippen LogP contribution in [0, 0.1) is 5.92 Å². The van der Waals surface area contributed by atoms with Gasteiger partial charge in [-0.05, 0) is 43.3 Å². The Labute approximate surface area is 141 Å². The number of para-hydroxylation sites is 1. The molecule has 0 aliphatic carbocycles. The predicted molar refractivity (Wildman–Crippen MR) is 93.1 cm³/mol. The van der Waals surface area contributed by atoms with Crippen LogP contribution in [0.2, 0.25) is 0 Å². The van der Waals surface area contributed by atoms with Gasteiger partial charge in [-0.1, -0.05) is 18.2 Å². The van der Waals surface area contributed by atoms with E-state index in [-0.39, 0.29) is 24.2 Å². The van der Waals surface area contributed by atoms with Crippen LogP contribution in [0.3, 0.4) is 0 Å². The zero-order valence-electron chi connectivity index (χ0n) is 13.6. The van der Waals surface area contributed by atoms with Crippen molar-refractivity contribution in [1.82, 2.24) is 0 Å². The van der Waals surface area contributed by atoms with Gasteiger partial charge in [0.1, 0.15) is 5.75 Å². The highest BCUT2D eigenvalue weighted by Gasteiger charge is 2.35. The molecule has 3 rings (SSSR count). The molecule has 2 aromatic carbocycles. The number of carbonyl (C=O) groups is 2. The number of nitrogens with one attached hydrogen (secondary N) is 1. The minimum Gasteiger partial charge on any atom is -0.494 e. The SMILES string of the molecule is CCOc1ccc(NC(=O)[C@@H]2CC(=O)N(c3ccccc3)C2)cc1. The molecule has 1 aliphatic rings. The number of hydrogen-bond donors (Lipinski definition) is 1. The van der Waals surface area contributed by atoms with Gasteiger partial charge in [-0.2, -0.15) is 0 Å². The molecule has 0 bridgehead atoms. The highest BCUT2D eigenvalue weighted by Crippen LogP contribution is 2.26. The summed E-state index contributed by atoms with van der Waals surface area (Å²) in [6.45, 7) is 2.93. The van der Waals surface area contributed by atoms with Gasteiger partial charge >= 0.3 is 0 Å². The van der Waals surface area contributed by atoms with Gasteiger partial charge < -0.3 is 15.0 Å². The summed E-state index contributed by atoms with van der Waals surface area (Å²) in [4.78, 5) is 26.3. The fourth-order valence-corrected chi connectivity index (χ4v) is 2.79. The Kier molecular flexibility index (Phi) is 4.79. The van der Waals surface area contributed by atoms with Gasteiger partial charge in [0.05, 0.1) is 12.5 Å². The second-order valence-electron chi connectivity index (χ2n) is 5.69. The van der Waals surface area contributed by atoms with Crippen LogP contribution in [0.4, 0.5) is 11.4 Å². The average molecular weight is 324 g/mol. The number of carbonyl (C=O) groups excluding carboxylic acids is 2. The molecule has 0 unspecified atom stereocenters. The van der Waals surface area contributed by atoms with Crippen LogP contribution in [0.1, 0.15) is 13.3 Å². The van der Waals surface area contributed by atoms with Crippen molar-refractivity contribution in [3.8, 4) is 5.75 Å². The largest absolute Gasteiger partial charge is 0.494 e. The lowest BCUT2D eigenvalue weighted by molar-refractivity contribution is -0.122. The van der Waals surface area contributed by atoms with Crippen molar-refractivity contribution in [1.29, 1.82) is 0 Å². The predicted octanol–water partition coefficient (Wildman–Crippen LogP) is 3.08. The summed E-state index contributed by atoms with van der Waals surface area (Å²) < 4.78 is 5.38. The lowest BCUT2D eigenvalue weighted by atomic mass is 10.1. The van der Waals surface area contributed by atoms with E-state index in [0.29, 0.717) is 18.8 Å². The third-order valence-corrected chi connectivity index (χ3v) is 4.00. The molecular formula is C19H20N2O3. The Morgan fingerprint density at radius 2 is 1.88 bits per heavy atom. The summed E-state index contributed by atoms with van der Waals surface area (Å²) in [5.74, 6) is 0.269. The van der Waals surface area contributed by atoms with E-state index >= 15 is 0 Å². The Balaban J connectivity index is 1.62. The molecule has 24 heavy (non-hydrogen) atoms. The molecular weight excluding hydrogens is 304 g/mol. The summed E-state index contributed by atoms with van der Waals surface area (Å²) in [6.07, 6.45) is 0.234. The minimum atomic E-state index is -0.343. The summed E-state index contributed by atoms with van der Waals surface area (Å²) in [5.41, 5.74) is 1.54. The maximum Gasteiger partial charge on any atom is 0.229 e. The first kappa shape index (κ1) is 16.1. The molecule has 5 nitrogen and oxygen atoms in total.